The molecule has 66 valence electrons. The summed E-state index contributed by atoms with van der Waals surface area (Å²) in [7, 11) is 3.32. The van der Waals surface area contributed by atoms with Crippen LogP contribution < -0.4 is 4.74 Å². The molecule has 0 aromatic heterocycles. The van der Waals surface area contributed by atoms with Crippen LogP contribution in [0.3, 0.4) is 0 Å². The Hall–Kier alpha value is -0.540. The van der Waals surface area contributed by atoms with Gasteiger partial charge in [-0.1, -0.05) is 15.9 Å². The molecule has 0 aliphatic carbocycles. The lowest BCUT2D eigenvalue weighted by Crippen LogP contribution is -1.93. The molecule has 0 fully saturated rings. The quantitative estimate of drug-likeness (QED) is 0.795. The summed E-state index contributed by atoms with van der Waals surface area (Å²) in [6.07, 6.45) is 0. The van der Waals surface area contributed by atoms with Gasteiger partial charge in [-0.3, -0.25) is 0 Å². The molecule has 0 atom stereocenters. The molecule has 0 heterocycles. The van der Waals surface area contributed by atoms with E-state index in [0.717, 1.165) is 15.8 Å². The van der Waals surface area contributed by atoms with Crippen LogP contribution in [-0.2, 0) is 11.3 Å². The molecule has 1 aromatic carbocycles. The van der Waals surface area contributed by atoms with Gasteiger partial charge in [-0.15, -0.1) is 0 Å². The Bertz CT molecular complexity index is 261. The van der Waals surface area contributed by atoms with E-state index in [-0.39, 0.29) is 0 Å². The molecule has 0 aliphatic rings. The topological polar surface area (TPSA) is 18.5 Å². The third kappa shape index (κ3) is 2.22. The minimum Gasteiger partial charge on any atom is -0.496 e. The van der Waals surface area contributed by atoms with Crippen molar-refractivity contribution in [1.29, 1.82) is 0 Å². The van der Waals surface area contributed by atoms with E-state index < -0.39 is 0 Å². The zero-order valence-electron chi connectivity index (χ0n) is 7.13. The molecule has 0 amide bonds. The van der Waals surface area contributed by atoms with E-state index in [0.29, 0.717) is 6.61 Å². The average molecular weight is 231 g/mol. The molecule has 0 radical (unpaired) electrons. The molecule has 0 bridgehead atoms. The summed E-state index contributed by atoms with van der Waals surface area (Å²) < 4.78 is 11.2. The van der Waals surface area contributed by atoms with E-state index in [1.807, 2.05) is 18.2 Å². The molecule has 3 heteroatoms. The fourth-order valence-corrected chi connectivity index (χ4v) is 1.42. The van der Waals surface area contributed by atoms with Crippen molar-refractivity contribution in [3.8, 4) is 5.75 Å². The first-order valence-corrected chi connectivity index (χ1v) is 4.38. The Balaban J connectivity index is 2.95. The fraction of sp³-hybridized carbons (Fsp3) is 0.333. The number of halogens is 1. The number of hydrogen-bond acceptors (Lipinski definition) is 2. The van der Waals surface area contributed by atoms with Gasteiger partial charge in [-0.25, -0.2) is 0 Å². The predicted molar refractivity (Wildman–Crippen MR) is 51.4 cm³/mol. The van der Waals surface area contributed by atoms with Crippen molar-refractivity contribution in [2.75, 3.05) is 14.2 Å². The number of ether oxygens (including phenoxy) is 2. The van der Waals surface area contributed by atoms with Gasteiger partial charge in [-0.2, -0.15) is 0 Å². The molecule has 0 unspecified atom stereocenters. The molecule has 0 aliphatic heterocycles. The largest absolute Gasteiger partial charge is 0.496 e. The van der Waals surface area contributed by atoms with Gasteiger partial charge in [0.1, 0.15) is 5.75 Å². The summed E-state index contributed by atoms with van der Waals surface area (Å²) in [4.78, 5) is 0. The van der Waals surface area contributed by atoms with Crippen molar-refractivity contribution >= 4 is 15.9 Å². The zero-order valence-corrected chi connectivity index (χ0v) is 8.72. The fourth-order valence-electron chi connectivity index (χ4n) is 1.02. The van der Waals surface area contributed by atoms with Crippen LogP contribution in [0.2, 0.25) is 0 Å². The maximum atomic E-state index is 5.15. The highest BCUT2D eigenvalue weighted by atomic mass is 79.9. The number of methoxy groups -OCH3 is 2. The first kappa shape index (κ1) is 9.55. The second kappa shape index (κ2) is 4.48. The highest BCUT2D eigenvalue weighted by Crippen LogP contribution is 2.23. The van der Waals surface area contributed by atoms with Gasteiger partial charge in [0.05, 0.1) is 13.7 Å². The van der Waals surface area contributed by atoms with Crippen LogP contribution in [0, 0.1) is 0 Å². The highest BCUT2D eigenvalue weighted by molar-refractivity contribution is 9.10. The van der Waals surface area contributed by atoms with E-state index >= 15 is 0 Å². The summed E-state index contributed by atoms with van der Waals surface area (Å²) >= 11 is 3.38. The van der Waals surface area contributed by atoms with Gasteiger partial charge >= 0.3 is 0 Å². The van der Waals surface area contributed by atoms with E-state index in [1.165, 1.54) is 0 Å². The van der Waals surface area contributed by atoms with E-state index in [1.54, 1.807) is 14.2 Å². The molecule has 0 spiro atoms. The molecular weight excluding hydrogens is 220 g/mol. The molecule has 0 N–H and O–H groups in total. The SMILES string of the molecule is COCc1cc(Br)ccc1OC. The summed E-state index contributed by atoms with van der Waals surface area (Å²) in [5, 5.41) is 0. The van der Waals surface area contributed by atoms with Gasteiger partial charge in [0.2, 0.25) is 0 Å². The zero-order chi connectivity index (χ0) is 8.97. The molecule has 12 heavy (non-hydrogen) atoms. The smallest absolute Gasteiger partial charge is 0.124 e. The van der Waals surface area contributed by atoms with Crippen LogP contribution in [0.4, 0.5) is 0 Å². The Labute approximate surface area is 80.6 Å². The third-order valence-corrected chi connectivity index (χ3v) is 2.04. The summed E-state index contributed by atoms with van der Waals surface area (Å²) in [5.41, 5.74) is 1.05. The number of benzene rings is 1. The van der Waals surface area contributed by atoms with Gasteiger partial charge in [0.25, 0.3) is 0 Å². The lowest BCUT2D eigenvalue weighted by Gasteiger charge is -2.07. The summed E-state index contributed by atoms with van der Waals surface area (Å²) in [6.45, 7) is 0.572. The monoisotopic (exact) mass is 230 g/mol. The van der Waals surface area contributed by atoms with Crippen LogP contribution in [-0.4, -0.2) is 14.2 Å². The van der Waals surface area contributed by atoms with Crippen molar-refractivity contribution in [1.82, 2.24) is 0 Å². The number of hydrogen-bond donors (Lipinski definition) is 0. The first-order chi connectivity index (χ1) is 5.77. The Morgan fingerprint density at radius 1 is 1.33 bits per heavy atom. The van der Waals surface area contributed by atoms with Crippen LogP contribution in [0.15, 0.2) is 22.7 Å². The molecule has 0 saturated carbocycles. The van der Waals surface area contributed by atoms with Crippen LogP contribution >= 0.6 is 15.9 Å². The lowest BCUT2D eigenvalue weighted by atomic mass is 10.2. The van der Waals surface area contributed by atoms with E-state index in [4.69, 9.17) is 9.47 Å². The van der Waals surface area contributed by atoms with Crippen molar-refractivity contribution in [2.45, 2.75) is 6.61 Å². The summed E-state index contributed by atoms with van der Waals surface area (Å²) in [5.74, 6) is 0.861. The Morgan fingerprint density at radius 3 is 2.67 bits per heavy atom. The summed E-state index contributed by atoms with van der Waals surface area (Å²) in [6, 6.07) is 5.85. The van der Waals surface area contributed by atoms with Crippen molar-refractivity contribution < 1.29 is 9.47 Å². The third-order valence-electron chi connectivity index (χ3n) is 1.54. The second-order valence-electron chi connectivity index (χ2n) is 2.39. The van der Waals surface area contributed by atoms with Crippen LogP contribution in [0.1, 0.15) is 5.56 Å². The van der Waals surface area contributed by atoms with Gasteiger partial charge in [-0.05, 0) is 18.2 Å². The maximum absolute atomic E-state index is 5.15. The predicted octanol–water partition coefficient (Wildman–Crippen LogP) is 2.60. The Morgan fingerprint density at radius 2 is 2.08 bits per heavy atom. The second-order valence-corrected chi connectivity index (χ2v) is 3.30. The van der Waals surface area contributed by atoms with Gasteiger partial charge in [0.15, 0.2) is 0 Å². The molecule has 0 saturated heterocycles. The normalized spacial score (nSPS) is 9.92. The van der Waals surface area contributed by atoms with Crippen molar-refractivity contribution in [3.63, 3.8) is 0 Å². The molecular formula is C9H11BrO2. The standard InChI is InChI=1S/C9H11BrO2/c1-11-6-7-5-8(10)3-4-9(7)12-2/h3-5H,6H2,1-2H3. The minimum absolute atomic E-state index is 0.572. The first-order valence-electron chi connectivity index (χ1n) is 3.59. The molecule has 1 aromatic rings. The highest BCUT2D eigenvalue weighted by Gasteiger charge is 2.01. The Kier molecular flexibility index (Phi) is 3.56. The maximum Gasteiger partial charge on any atom is 0.124 e. The van der Waals surface area contributed by atoms with E-state index in [2.05, 4.69) is 15.9 Å². The van der Waals surface area contributed by atoms with Gasteiger partial charge < -0.3 is 9.47 Å². The molecule has 1 rings (SSSR count). The van der Waals surface area contributed by atoms with Crippen LogP contribution in [0.5, 0.6) is 5.75 Å². The minimum atomic E-state index is 0.572. The number of rotatable bonds is 3. The average Bonchev–Trinajstić information content (AvgIpc) is 2.05. The van der Waals surface area contributed by atoms with Crippen molar-refractivity contribution in [3.05, 3.63) is 28.2 Å². The van der Waals surface area contributed by atoms with Crippen LogP contribution in [0.25, 0.3) is 0 Å². The van der Waals surface area contributed by atoms with E-state index in [9.17, 15) is 0 Å². The molecule has 2 nitrogen and oxygen atoms in total. The van der Waals surface area contributed by atoms with Crippen molar-refractivity contribution in [2.24, 2.45) is 0 Å². The van der Waals surface area contributed by atoms with Gasteiger partial charge in [0, 0.05) is 17.1 Å². The lowest BCUT2D eigenvalue weighted by molar-refractivity contribution is 0.181.